The number of carbonyl (C=O) groups excluding carboxylic acids is 1. The van der Waals surface area contributed by atoms with Crippen molar-refractivity contribution in [2.24, 2.45) is 0 Å². The van der Waals surface area contributed by atoms with Crippen LogP contribution in [0.15, 0.2) is 71.5 Å². The fourth-order valence-corrected chi connectivity index (χ4v) is 4.52. The molecule has 1 amide bonds. The monoisotopic (exact) mass is 500 g/mol. The van der Waals surface area contributed by atoms with Crippen molar-refractivity contribution in [3.63, 3.8) is 0 Å². The molecule has 0 aliphatic heterocycles. The second-order valence-electron chi connectivity index (χ2n) is 9.33. The minimum absolute atomic E-state index is 0.0254. The van der Waals surface area contributed by atoms with Gasteiger partial charge in [-0.15, -0.1) is 0 Å². The van der Waals surface area contributed by atoms with E-state index >= 15 is 0 Å². The lowest BCUT2D eigenvalue weighted by Crippen LogP contribution is -2.17. The number of rotatable bonds is 5. The predicted octanol–water partition coefficient (Wildman–Crippen LogP) is 4.14. The fourth-order valence-electron chi connectivity index (χ4n) is 4.52. The third-order valence-corrected chi connectivity index (χ3v) is 6.46. The Kier molecular flexibility index (Phi) is 5.82. The van der Waals surface area contributed by atoms with Gasteiger partial charge in [-0.05, 0) is 61.9 Å². The number of nitrogens with zero attached hydrogens (tertiary/aromatic N) is 1. The van der Waals surface area contributed by atoms with E-state index in [2.05, 4.69) is 10.3 Å². The molecule has 9 heteroatoms. The fraction of sp³-hybridized carbons (Fsp3) is 0.143. The summed E-state index contributed by atoms with van der Waals surface area (Å²) in [6.07, 6.45) is 0. The van der Waals surface area contributed by atoms with Gasteiger partial charge in [0.2, 0.25) is 0 Å². The molecule has 0 saturated heterocycles. The largest absolute Gasteiger partial charge is 0.396 e. The van der Waals surface area contributed by atoms with E-state index in [0.717, 1.165) is 0 Å². The molecule has 0 spiro atoms. The summed E-state index contributed by atoms with van der Waals surface area (Å²) in [5, 5.41) is 23.4. The van der Waals surface area contributed by atoms with Gasteiger partial charge >= 0.3 is 0 Å². The van der Waals surface area contributed by atoms with Crippen LogP contribution in [0.3, 0.4) is 0 Å². The quantitative estimate of drug-likeness (QED) is 0.231. The van der Waals surface area contributed by atoms with E-state index < -0.39 is 23.9 Å². The smallest absolute Gasteiger partial charge is 0.272 e. The highest BCUT2D eigenvalue weighted by Crippen LogP contribution is 2.33. The zero-order chi connectivity index (χ0) is 26.5. The number of aromatic amines is 1. The number of aromatic nitrogens is 2. The average molecular weight is 501 g/mol. The molecule has 0 bridgehead atoms. The van der Waals surface area contributed by atoms with Crippen LogP contribution in [-0.2, 0) is 12.2 Å². The highest BCUT2D eigenvalue weighted by molar-refractivity contribution is 6.08. The number of para-hydroxylation sites is 1. The predicted molar refractivity (Wildman–Crippen MR) is 141 cm³/mol. The van der Waals surface area contributed by atoms with Crippen molar-refractivity contribution < 1.29 is 19.4 Å². The summed E-state index contributed by atoms with van der Waals surface area (Å²) < 4.78 is 15.7. The molecule has 3 aromatic carbocycles. The molecule has 0 radical (unpaired) electrons. The minimum atomic E-state index is -1.10. The molecule has 188 valence electrons. The molecule has 0 atom stereocenters. The molecule has 2 heterocycles. The topological polar surface area (TPSA) is 133 Å². The van der Waals surface area contributed by atoms with E-state index in [1.165, 1.54) is 18.2 Å². The van der Waals surface area contributed by atoms with Crippen LogP contribution in [0.1, 0.15) is 35.3 Å². The van der Waals surface area contributed by atoms with E-state index in [-0.39, 0.29) is 16.8 Å². The zero-order valence-corrected chi connectivity index (χ0v) is 20.2. The molecule has 6 N–H and O–H groups in total. The van der Waals surface area contributed by atoms with Crippen molar-refractivity contribution in [3.05, 3.63) is 99.6 Å². The van der Waals surface area contributed by atoms with Crippen LogP contribution in [0.25, 0.3) is 27.8 Å². The SMILES string of the molecule is CC(C)(O)c1ccc2c(c1)[nH]c(=O)c1ccc(-c3cccc(NC(=O)c4cccc(F)c4N)c3CO)n12. The summed E-state index contributed by atoms with van der Waals surface area (Å²) in [6.45, 7) is 2.91. The Morgan fingerprint density at radius 1 is 1.08 bits per heavy atom. The number of hydrogen-bond donors (Lipinski definition) is 5. The first-order valence-corrected chi connectivity index (χ1v) is 11.6. The number of amides is 1. The summed E-state index contributed by atoms with van der Waals surface area (Å²) in [6, 6.07) is 17.8. The van der Waals surface area contributed by atoms with E-state index in [4.69, 9.17) is 5.73 Å². The van der Waals surface area contributed by atoms with Crippen molar-refractivity contribution in [1.29, 1.82) is 0 Å². The molecule has 0 aliphatic carbocycles. The van der Waals surface area contributed by atoms with Crippen LogP contribution < -0.4 is 16.6 Å². The Balaban J connectivity index is 1.67. The van der Waals surface area contributed by atoms with Crippen molar-refractivity contribution in [1.82, 2.24) is 9.38 Å². The van der Waals surface area contributed by atoms with Crippen LogP contribution in [-0.4, -0.2) is 25.5 Å². The third-order valence-electron chi connectivity index (χ3n) is 6.46. The summed E-state index contributed by atoms with van der Waals surface area (Å²) in [5.74, 6) is -1.32. The van der Waals surface area contributed by atoms with Crippen LogP contribution in [0.5, 0.6) is 0 Å². The van der Waals surface area contributed by atoms with Crippen LogP contribution in [0, 0.1) is 5.82 Å². The van der Waals surface area contributed by atoms with Gasteiger partial charge in [0.15, 0.2) is 0 Å². The molecular formula is C28H25FN4O4. The second-order valence-corrected chi connectivity index (χ2v) is 9.33. The van der Waals surface area contributed by atoms with Gasteiger partial charge in [-0.2, -0.15) is 0 Å². The number of fused-ring (bicyclic) bond motifs is 3. The molecule has 0 unspecified atom stereocenters. The van der Waals surface area contributed by atoms with Gasteiger partial charge in [0, 0.05) is 16.8 Å². The Labute approximate surface area is 210 Å². The highest BCUT2D eigenvalue weighted by Gasteiger charge is 2.20. The first-order chi connectivity index (χ1) is 17.6. The Morgan fingerprint density at radius 2 is 1.81 bits per heavy atom. The van der Waals surface area contributed by atoms with Crippen molar-refractivity contribution in [2.75, 3.05) is 11.1 Å². The first kappa shape index (κ1) is 24.2. The lowest BCUT2D eigenvalue weighted by atomic mass is 9.98. The number of H-pyrrole nitrogens is 1. The van der Waals surface area contributed by atoms with Crippen LogP contribution >= 0.6 is 0 Å². The first-order valence-electron chi connectivity index (χ1n) is 11.6. The van der Waals surface area contributed by atoms with E-state index in [1.807, 2.05) is 6.07 Å². The third kappa shape index (κ3) is 4.14. The van der Waals surface area contributed by atoms with Crippen LogP contribution in [0.2, 0.25) is 0 Å². The molecule has 2 aromatic heterocycles. The van der Waals surface area contributed by atoms with Gasteiger partial charge in [0.05, 0.1) is 40.2 Å². The maximum Gasteiger partial charge on any atom is 0.272 e. The van der Waals surface area contributed by atoms with E-state index in [0.29, 0.717) is 44.6 Å². The minimum Gasteiger partial charge on any atom is -0.396 e. The lowest BCUT2D eigenvalue weighted by Gasteiger charge is -2.19. The molecule has 0 saturated carbocycles. The number of carbonyl (C=O) groups is 1. The maximum absolute atomic E-state index is 13.9. The number of nitrogens with two attached hydrogens (primary N) is 1. The number of nitrogens with one attached hydrogen (secondary N) is 2. The lowest BCUT2D eigenvalue weighted by molar-refractivity contribution is 0.0787. The Hall–Kier alpha value is -4.47. The van der Waals surface area contributed by atoms with Crippen LogP contribution in [0.4, 0.5) is 15.8 Å². The highest BCUT2D eigenvalue weighted by atomic mass is 19.1. The summed E-state index contributed by atoms with van der Waals surface area (Å²) in [5.41, 5.74) is 8.23. The number of aliphatic hydroxyl groups excluding tert-OH is 1. The molecular weight excluding hydrogens is 475 g/mol. The number of nitrogen functional groups attached to an aromatic ring is 1. The normalized spacial score (nSPS) is 11.8. The van der Waals surface area contributed by atoms with Gasteiger partial charge in [0.25, 0.3) is 11.5 Å². The average Bonchev–Trinajstić information content (AvgIpc) is 3.30. The summed E-state index contributed by atoms with van der Waals surface area (Å²) in [7, 11) is 0. The number of halogens is 1. The van der Waals surface area contributed by atoms with Crippen molar-refractivity contribution >= 4 is 33.8 Å². The standard InChI is InChI=1S/C28H25FN4O4/c1-28(2,37)15-9-10-23-21(13-15)32-27(36)24-12-11-22(33(23)24)16-5-4-8-20(18(16)14-34)31-26(35)17-6-3-7-19(29)25(17)30/h3-13,34,37H,14,30H2,1-2H3,(H,31,35)(H,32,36). The summed E-state index contributed by atoms with van der Waals surface area (Å²) >= 11 is 0. The Bertz CT molecular complexity index is 1750. The number of anilines is 2. The molecule has 37 heavy (non-hydrogen) atoms. The van der Waals surface area contributed by atoms with Gasteiger partial charge in [-0.25, -0.2) is 4.39 Å². The van der Waals surface area contributed by atoms with Gasteiger partial charge in [-0.1, -0.05) is 24.3 Å². The van der Waals surface area contributed by atoms with E-state index in [9.17, 15) is 24.2 Å². The second kappa shape index (κ2) is 8.88. The molecule has 5 rings (SSSR count). The molecule has 5 aromatic rings. The molecule has 0 aliphatic rings. The number of benzene rings is 3. The van der Waals surface area contributed by atoms with Crippen molar-refractivity contribution in [3.8, 4) is 11.3 Å². The maximum atomic E-state index is 13.9. The van der Waals surface area contributed by atoms with Gasteiger partial charge in [-0.3, -0.25) is 9.59 Å². The van der Waals surface area contributed by atoms with Gasteiger partial charge in [0.1, 0.15) is 11.3 Å². The Morgan fingerprint density at radius 3 is 2.54 bits per heavy atom. The van der Waals surface area contributed by atoms with Crippen molar-refractivity contribution in [2.45, 2.75) is 26.1 Å². The number of hydrogen-bond acceptors (Lipinski definition) is 5. The number of aliphatic hydroxyl groups is 2. The van der Waals surface area contributed by atoms with Gasteiger partial charge < -0.3 is 30.6 Å². The molecule has 0 fully saturated rings. The zero-order valence-electron chi connectivity index (χ0n) is 20.2. The summed E-state index contributed by atoms with van der Waals surface area (Å²) in [4.78, 5) is 28.6. The van der Waals surface area contributed by atoms with E-state index in [1.54, 1.807) is 60.7 Å². The molecule has 8 nitrogen and oxygen atoms in total.